The van der Waals surface area contributed by atoms with Crippen LogP contribution in [0, 0.1) is 55.4 Å². The van der Waals surface area contributed by atoms with Crippen molar-refractivity contribution in [2.45, 2.75) is 81.6 Å². The molecule has 0 aliphatic carbocycles. The lowest BCUT2D eigenvalue weighted by atomic mass is 9.82. The van der Waals surface area contributed by atoms with Crippen LogP contribution < -0.4 is 9.80 Å². The second-order valence-corrected chi connectivity index (χ2v) is 19.8. The van der Waals surface area contributed by atoms with E-state index in [2.05, 4.69) is 225 Å². The highest BCUT2D eigenvalue weighted by Gasteiger charge is 2.29. The zero-order valence-electron chi connectivity index (χ0n) is 40.0. The van der Waals surface area contributed by atoms with Crippen molar-refractivity contribution in [3.05, 3.63) is 190 Å². The first-order valence-electron chi connectivity index (χ1n) is 23.2. The Morgan fingerprint density at radius 3 is 1.20 bits per heavy atom. The number of rotatable bonds is 6. The molecule has 0 bridgehead atoms. The number of benzene rings is 9. The van der Waals surface area contributed by atoms with Crippen LogP contribution in [0.5, 0.6) is 0 Å². The standard InChI is InChI=1S/C62H56N2O2/c1-35-16-12-20-52(39(35)5)63(53-21-13-17-36(2)40(53)6)47-26-24-43-30-49-50-34-58-59(60(62(9,10)11)61(50)66-56(49)32-45(43)28-47)51-31-44-25-27-48(29-46(44)33-57(51)65-58)64(54-22-14-18-37(3)41(54)7)55-23-15-19-38(4)42(55)8/h12-34H,1-11H3. The molecule has 0 fully saturated rings. The van der Waals surface area contributed by atoms with E-state index in [-0.39, 0.29) is 5.41 Å². The Morgan fingerprint density at radius 2 is 0.773 bits per heavy atom. The average molecular weight is 861 g/mol. The first-order chi connectivity index (χ1) is 31.7. The van der Waals surface area contributed by atoms with Gasteiger partial charge in [0.15, 0.2) is 0 Å². The minimum atomic E-state index is -0.246. The molecule has 0 unspecified atom stereocenters. The molecule has 326 valence electrons. The van der Waals surface area contributed by atoms with Gasteiger partial charge in [-0.25, -0.2) is 0 Å². The van der Waals surface area contributed by atoms with Crippen molar-refractivity contribution in [1.82, 2.24) is 0 Å². The topological polar surface area (TPSA) is 32.8 Å². The van der Waals surface area contributed by atoms with Crippen LogP contribution in [0.1, 0.15) is 70.8 Å². The number of fused-ring (bicyclic) bond motifs is 8. The molecule has 0 aliphatic rings. The Morgan fingerprint density at radius 1 is 0.364 bits per heavy atom. The molecule has 0 atom stereocenters. The van der Waals surface area contributed by atoms with E-state index >= 15 is 0 Å². The number of aryl methyl sites for hydroxylation is 4. The van der Waals surface area contributed by atoms with Crippen LogP contribution in [0.2, 0.25) is 0 Å². The molecular formula is C62H56N2O2. The summed E-state index contributed by atoms with van der Waals surface area (Å²) in [6.45, 7) is 24.5. The normalized spacial score (nSPS) is 12.2. The van der Waals surface area contributed by atoms with E-state index in [0.29, 0.717) is 0 Å². The molecule has 0 saturated carbocycles. The minimum absolute atomic E-state index is 0.246. The predicted molar refractivity (Wildman–Crippen MR) is 282 cm³/mol. The fourth-order valence-corrected chi connectivity index (χ4v) is 10.3. The SMILES string of the molecule is Cc1cccc(N(c2ccc3cc4c(cc3c2)oc2c(C(C)(C)C)c3c(cc24)oc2cc4cc(N(c5cccc(C)c5C)c5cccc(C)c5C)ccc4cc23)c2cccc(C)c2C)c1C. The van der Waals surface area contributed by atoms with Gasteiger partial charge in [-0.1, -0.05) is 81.4 Å². The van der Waals surface area contributed by atoms with Crippen LogP contribution in [-0.2, 0) is 5.41 Å². The third-order valence-electron chi connectivity index (χ3n) is 14.6. The van der Waals surface area contributed by atoms with Crippen LogP contribution in [0.25, 0.3) is 65.4 Å². The second-order valence-electron chi connectivity index (χ2n) is 19.8. The highest BCUT2D eigenvalue weighted by atomic mass is 16.3. The van der Waals surface area contributed by atoms with E-state index in [9.17, 15) is 0 Å². The van der Waals surface area contributed by atoms with Gasteiger partial charge in [0.25, 0.3) is 0 Å². The molecule has 4 nitrogen and oxygen atoms in total. The maximum absolute atomic E-state index is 7.07. The monoisotopic (exact) mass is 860 g/mol. The van der Waals surface area contributed by atoms with Crippen LogP contribution in [0.3, 0.4) is 0 Å². The van der Waals surface area contributed by atoms with E-state index in [0.717, 1.165) is 77.0 Å². The summed E-state index contributed by atoms with van der Waals surface area (Å²) in [5.74, 6) is 0. The third kappa shape index (κ3) is 6.48. The summed E-state index contributed by atoms with van der Waals surface area (Å²) in [6.07, 6.45) is 0. The largest absolute Gasteiger partial charge is 0.456 e. The van der Waals surface area contributed by atoms with Gasteiger partial charge in [-0.15, -0.1) is 0 Å². The summed E-state index contributed by atoms with van der Waals surface area (Å²) in [7, 11) is 0. The molecule has 9 aromatic carbocycles. The summed E-state index contributed by atoms with van der Waals surface area (Å²) in [5, 5.41) is 8.97. The van der Waals surface area contributed by atoms with Crippen LogP contribution in [-0.4, -0.2) is 0 Å². The van der Waals surface area contributed by atoms with Crippen molar-refractivity contribution < 1.29 is 8.83 Å². The molecule has 4 heteroatoms. The first-order valence-corrected chi connectivity index (χ1v) is 23.2. The van der Waals surface area contributed by atoms with Gasteiger partial charge >= 0.3 is 0 Å². The Hall–Kier alpha value is -7.30. The number of nitrogens with zero attached hydrogens (tertiary/aromatic N) is 2. The zero-order valence-corrected chi connectivity index (χ0v) is 40.0. The molecule has 0 N–H and O–H groups in total. The predicted octanol–water partition coefficient (Wildman–Crippen LogP) is 18.5. The van der Waals surface area contributed by atoms with E-state index < -0.39 is 0 Å². The van der Waals surface area contributed by atoms with E-state index in [4.69, 9.17) is 8.83 Å². The molecule has 0 aliphatic heterocycles. The highest BCUT2D eigenvalue weighted by Crippen LogP contribution is 2.48. The smallest absolute Gasteiger partial charge is 0.140 e. The Kier molecular flexibility index (Phi) is 9.50. The van der Waals surface area contributed by atoms with Crippen LogP contribution in [0.15, 0.2) is 148 Å². The molecule has 2 heterocycles. The summed E-state index contributed by atoms with van der Waals surface area (Å²) in [4.78, 5) is 4.83. The van der Waals surface area contributed by atoms with Crippen molar-refractivity contribution in [2.75, 3.05) is 9.80 Å². The van der Waals surface area contributed by atoms with Crippen molar-refractivity contribution in [3.8, 4) is 0 Å². The van der Waals surface area contributed by atoms with E-state index in [1.807, 2.05) is 0 Å². The molecule has 66 heavy (non-hydrogen) atoms. The minimum Gasteiger partial charge on any atom is -0.456 e. The van der Waals surface area contributed by atoms with E-state index in [1.165, 1.54) is 72.6 Å². The lowest BCUT2D eigenvalue weighted by Gasteiger charge is -2.30. The van der Waals surface area contributed by atoms with Crippen molar-refractivity contribution in [2.24, 2.45) is 0 Å². The quantitative estimate of drug-likeness (QED) is 0.167. The first kappa shape index (κ1) is 41.4. The summed E-state index contributed by atoms with van der Waals surface area (Å²) in [5.41, 5.74) is 21.6. The van der Waals surface area contributed by atoms with Gasteiger partial charge in [0.05, 0.1) is 0 Å². The molecule has 0 saturated heterocycles. The Bertz CT molecular complexity index is 3570. The summed E-state index contributed by atoms with van der Waals surface area (Å²) in [6, 6.07) is 51.3. The molecule has 11 rings (SSSR count). The average Bonchev–Trinajstić information content (AvgIpc) is 3.82. The molecule has 0 spiro atoms. The van der Waals surface area contributed by atoms with Gasteiger partial charge in [-0.2, -0.15) is 0 Å². The number of furan rings is 2. The van der Waals surface area contributed by atoms with Crippen LogP contribution >= 0.6 is 0 Å². The Balaban J connectivity index is 1.08. The van der Waals surface area contributed by atoms with Gasteiger partial charge in [0.1, 0.15) is 22.3 Å². The van der Waals surface area contributed by atoms with E-state index in [1.54, 1.807) is 0 Å². The molecular weight excluding hydrogens is 805 g/mol. The molecule has 11 aromatic rings. The molecule has 2 aromatic heterocycles. The van der Waals surface area contributed by atoms with Gasteiger partial charge in [0.2, 0.25) is 0 Å². The van der Waals surface area contributed by atoms with Gasteiger partial charge in [-0.05, 0) is 206 Å². The van der Waals surface area contributed by atoms with Crippen LogP contribution in [0.4, 0.5) is 34.1 Å². The lowest BCUT2D eigenvalue weighted by molar-refractivity contribution is 0.577. The summed E-state index contributed by atoms with van der Waals surface area (Å²) >= 11 is 0. The van der Waals surface area contributed by atoms with Gasteiger partial charge < -0.3 is 18.6 Å². The molecule has 0 amide bonds. The fraction of sp³-hybridized carbons (Fsp3) is 0.194. The highest BCUT2D eigenvalue weighted by molar-refractivity contribution is 6.20. The number of anilines is 6. The second kappa shape index (κ2) is 15.1. The number of hydrogen-bond acceptors (Lipinski definition) is 4. The lowest BCUT2D eigenvalue weighted by Crippen LogP contribution is -2.13. The number of hydrogen-bond donors (Lipinski definition) is 0. The van der Waals surface area contributed by atoms with Crippen molar-refractivity contribution in [1.29, 1.82) is 0 Å². The maximum atomic E-state index is 7.07. The van der Waals surface area contributed by atoms with Gasteiger partial charge in [0, 0.05) is 61.2 Å². The van der Waals surface area contributed by atoms with Gasteiger partial charge in [-0.3, -0.25) is 0 Å². The summed E-state index contributed by atoms with van der Waals surface area (Å²) < 4.78 is 14.0. The third-order valence-corrected chi connectivity index (χ3v) is 14.6. The zero-order chi connectivity index (χ0) is 45.9. The Labute approximate surface area is 387 Å². The van der Waals surface area contributed by atoms with Crippen molar-refractivity contribution in [3.63, 3.8) is 0 Å². The molecule has 0 radical (unpaired) electrons. The van der Waals surface area contributed by atoms with Crippen molar-refractivity contribution >= 4 is 99.5 Å². The maximum Gasteiger partial charge on any atom is 0.140 e. The fourth-order valence-electron chi connectivity index (χ4n) is 10.3.